The fourth-order valence-electron chi connectivity index (χ4n) is 3.83. The van der Waals surface area contributed by atoms with Gasteiger partial charge in [0, 0.05) is 5.69 Å². The highest BCUT2D eigenvalue weighted by Crippen LogP contribution is 2.23. The molecule has 34 heavy (non-hydrogen) atoms. The van der Waals surface area contributed by atoms with Crippen molar-refractivity contribution in [2.24, 2.45) is 5.14 Å². The molecule has 0 aliphatic heterocycles. The summed E-state index contributed by atoms with van der Waals surface area (Å²) in [5.41, 5.74) is 3.19. The van der Waals surface area contributed by atoms with Crippen LogP contribution in [0.25, 0.3) is 0 Å². The Hall–Kier alpha value is -3.05. The maximum absolute atomic E-state index is 13.3. The number of rotatable bonds is 8. The Morgan fingerprint density at radius 2 is 1.44 bits per heavy atom. The number of carbonyl (C=O) groups excluding carboxylic acids is 1. The Morgan fingerprint density at radius 1 is 0.882 bits per heavy atom. The molecule has 0 aliphatic carbocycles. The number of nitrogens with one attached hydrogen (secondary N) is 2. The van der Waals surface area contributed by atoms with Crippen molar-refractivity contribution >= 4 is 31.6 Å². The van der Waals surface area contributed by atoms with Crippen LogP contribution in [0.15, 0.2) is 76.5 Å². The van der Waals surface area contributed by atoms with E-state index in [1.165, 1.54) is 24.3 Å². The first-order valence-corrected chi connectivity index (χ1v) is 13.5. The van der Waals surface area contributed by atoms with Crippen molar-refractivity contribution in [1.82, 2.24) is 4.72 Å². The lowest BCUT2D eigenvalue weighted by atomic mass is 10.1. The molecule has 0 fully saturated rings. The second kappa shape index (κ2) is 10.1. The summed E-state index contributed by atoms with van der Waals surface area (Å²) in [5, 5.41) is 7.76. The lowest BCUT2D eigenvalue weighted by Crippen LogP contribution is -2.45. The van der Waals surface area contributed by atoms with Crippen molar-refractivity contribution in [3.05, 3.63) is 89.0 Å². The highest BCUT2D eigenvalue weighted by atomic mass is 32.2. The van der Waals surface area contributed by atoms with Crippen LogP contribution < -0.4 is 15.2 Å². The molecule has 1 atom stereocenters. The Balaban J connectivity index is 1.91. The third-order valence-corrected chi connectivity index (χ3v) is 7.93. The van der Waals surface area contributed by atoms with Gasteiger partial charge in [-0.2, -0.15) is 4.72 Å². The van der Waals surface area contributed by atoms with Crippen molar-refractivity contribution < 1.29 is 21.6 Å². The minimum absolute atomic E-state index is 0.0997. The molecule has 3 aromatic carbocycles. The van der Waals surface area contributed by atoms with Gasteiger partial charge in [-0.05, 0) is 68.1 Å². The highest BCUT2D eigenvalue weighted by molar-refractivity contribution is 7.89. The van der Waals surface area contributed by atoms with Crippen LogP contribution in [0.3, 0.4) is 0 Å². The standard InChI is InChI=1S/C24H27N3O5S2/c1-16-13-17(2)23(18(3)14-16)34(31,32)27-22(15-19-7-5-4-6-8-19)24(28)26-20-9-11-21(12-10-20)33(25,29)30/h4-14,22,27H,15H2,1-3H3,(H,26,28)(H2,25,29,30)/t22-/m1/s1. The molecule has 0 unspecified atom stereocenters. The number of amides is 1. The van der Waals surface area contributed by atoms with Crippen molar-refractivity contribution in [3.63, 3.8) is 0 Å². The third-order valence-electron chi connectivity index (χ3n) is 5.22. The zero-order valence-corrected chi connectivity index (χ0v) is 20.7. The monoisotopic (exact) mass is 501 g/mol. The Bertz CT molecular complexity index is 1380. The van der Waals surface area contributed by atoms with Gasteiger partial charge in [0.15, 0.2) is 0 Å². The normalized spacial score (nSPS) is 12.8. The SMILES string of the molecule is Cc1cc(C)c(S(=O)(=O)N[C@H](Cc2ccccc2)C(=O)Nc2ccc(S(N)(=O)=O)cc2)c(C)c1. The fourth-order valence-corrected chi connectivity index (χ4v) is 6.00. The molecule has 0 aliphatic rings. The second-order valence-electron chi connectivity index (χ2n) is 8.15. The van der Waals surface area contributed by atoms with Gasteiger partial charge in [0.05, 0.1) is 9.79 Å². The number of aryl methyl sites for hydroxylation is 3. The minimum atomic E-state index is -4.03. The molecule has 0 aromatic heterocycles. The molecule has 0 saturated heterocycles. The average Bonchev–Trinajstić information content (AvgIpc) is 2.72. The molecule has 8 nitrogen and oxygen atoms in total. The number of hydrogen-bond acceptors (Lipinski definition) is 5. The summed E-state index contributed by atoms with van der Waals surface area (Å²) in [7, 11) is -7.90. The van der Waals surface area contributed by atoms with E-state index in [4.69, 9.17) is 5.14 Å². The molecule has 1 amide bonds. The van der Waals surface area contributed by atoms with Crippen LogP contribution in [0, 0.1) is 20.8 Å². The highest BCUT2D eigenvalue weighted by Gasteiger charge is 2.28. The molecule has 10 heteroatoms. The summed E-state index contributed by atoms with van der Waals surface area (Å²) in [4.78, 5) is 13.2. The molecule has 4 N–H and O–H groups in total. The van der Waals surface area contributed by atoms with Gasteiger partial charge < -0.3 is 5.32 Å². The molecular formula is C24H27N3O5S2. The van der Waals surface area contributed by atoms with E-state index in [9.17, 15) is 21.6 Å². The predicted octanol–water partition coefficient (Wildman–Crippen LogP) is 2.79. The van der Waals surface area contributed by atoms with Crippen molar-refractivity contribution in [2.75, 3.05) is 5.32 Å². The van der Waals surface area contributed by atoms with E-state index >= 15 is 0 Å². The van der Waals surface area contributed by atoms with Crippen LogP contribution in [0.5, 0.6) is 0 Å². The maximum atomic E-state index is 13.3. The Labute approximate surface area is 200 Å². The van der Waals surface area contributed by atoms with E-state index in [1.807, 2.05) is 13.0 Å². The van der Waals surface area contributed by atoms with E-state index in [0.717, 1.165) is 11.1 Å². The van der Waals surface area contributed by atoms with Crippen LogP contribution in [-0.4, -0.2) is 28.8 Å². The first-order chi connectivity index (χ1) is 15.9. The smallest absolute Gasteiger partial charge is 0.242 e. The number of carbonyl (C=O) groups is 1. The van der Waals surface area contributed by atoms with Crippen LogP contribution >= 0.6 is 0 Å². The van der Waals surface area contributed by atoms with Gasteiger partial charge in [0.1, 0.15) is 6.04 Å². The molecule has 3 rings (SSSR count). The molecule has 0 saturated carbocycles. The molecule has 0 spiro atoms. The number of anilines is 1. The first-order valence-electron chi connectivity index (χ1n) is 10.4. The molecule has 0 radical (unpaired) electrons. The van der Waals surface area contributed by atoms with Gasteiger partial charge in [-0.25, -0.2) is 22.0 Å². The van der Waals surface area contributed by atoms with Crippen LogP contribution in [0.2, 0.25) is 0 Å². The summed E-state index contributed by atoms with van der Waals surface area (Å²) in [6, 6.07) is 16.8. The quantitative estimate of drug-likeness (QED) is 0.436. The van der Waals surface area contributed by atoms with Gasteiger partial charge in [-0.15, -0.1) is 0 Å². The zero-order chi connectivity index (χ0) is 25.1. The first kappa shape index (κ1) is 25.6. The van der Waals surface area contributed by atoms with Crippen LogP contribution in [0.4, 0.5) is 5.69 Å². The summed E-state index contributed by atoms with van der Waals surface area (Å²) < 4.78 is 52.1. The van der Waals surface area contributed by atoms with Gasteiger partial charge in [-0.3, -0.25) is 4.79 Å². The van der Waals surface area contributed by atoms with Crippen molar-refractivity contribution in [1.29, 1.82) is 0 Å². The Kier molecular flexibility index (Phi) is 7.57. The summed E-state index contributed by atoms with van der Waals surface area (Å²) >= 11 is 0. The van der Waals surface area contributed by atoms with Crippen molar-refractivity contribution in [3.8, 4) is 0 Å². The number of nitrogens with two attached hydrogens (primary N) is 1. The summed E-state index contributed by atoms with van der Waals surface area (Å²) in [6.45, 7) is 5.32. The molecule has 180 valence electrons. The lowest BCUT2D eigenvalue weighted by Gasteiger charge is -2.21. The van der Waals surface area contributed by atoms with Gasteiger partial charge in [-0.1, -0.05) is 48.0 Å². The number of primary sulfonamides is 1. The van der Waals surface area contributed by atoms with Crippen molar-refractivity contribution in [2.45, 2.75) is 43.0 Å². The number of benzene rings is 3. The van der Waals surface area contributed by atoms with Gasteiger partial charge in [0.2, 0.25) is 26.0 Å². The van der Waals surface area contributed by atoms with E-state index in [1.54, 1.807) is 50.2 Å². The largest absolute Gasteiger partial charge is 0.325 e. The number of sulfonamides is 2. The van der Waals surface area contributed by atoms with E-state index in [0.29, 0.717) is 16.8 Å². The minimum Gasteiger partial charge on any atom is -0.325 e. The zero-order valence-electron chi connectivity index (χ0n) is 19.1. The number of hydrogen-bond donors (Lipinski definition) is 3. The average molecular weight is 502 g/mol. The van der Waals surface area contributed by atoms with E-state index in [2.05, 4.69) is 10.0 Å². The molecular weight excluding hydrogens is 474 g/mol. The third kappa shape index (κ3) is 6.29. The van der Waals surface area contributed by atoms with E-state index < -0.39 is 32.0 Å². The second-order valence-corrected chi connectivity index (χ2v) is 11.4. The maximum Gasteiger partial charge on any atom is 0.242 e. The molecule has 0 bridgehead atoms. The predicted molar refractivity (Wildman–Crippen MR) is 131 cm³/mol. The fraction of sp³-hybridized carbons (Fsp3) is 0.208. The lowest BCUT2D eigenvalue weighted by molar-refractivity contribution is -0.117. The van der Waals surface area contributed by atoms with Gasteiger partial charge in [0.25, 0.3) is 0 Å². The van der Waals surface area contributed by atoms with Crippen LogP contribution in [0.1, 0.15) is 22.3 Å². The summed E-state index contributed by atoms with van der Waals surface area (Å²) in [5.74, 6) is -0.585. The van der Waals surface area contributed by atoms with E-state index in [-0.39, 0.29) is 16.2 Å². The topological polar surface area (TPSA) is 135 Å². The molecule has 3 aromatic rings. The van der Waals surface area contributed by atoms with Gasteiger partial charge >= 0.3 is 0 Å². The van der Waals surface area contributed by atoms with Crippen LogP contribution in [-0.2, 0) is 31.3 Å². The molecule has 0 heterocycles. The Morgan fingerprint density at radius 3 is 1.97 bits per heavy atom. The summed E-state index contributed by atoms with van der Waals surface area (Å²) in [6.07, 6.45) is 0.116.